The number of nitrogens with zero attached hydrogens (tertiary/aromatic N) is 4. The normalized spacial score (nSPS) is 17.1. The molecule has 0 atom stereocenters. The number of hydrogen-bond donors (Lipinski definition) is 0. The summed E-state index contributed by atoms with van der Waals surface area (Å²) in [5.41, 5.74) is -1.40. The van der Waals surface area contributed by atoms with Crippen LogP contribution in [-0.4, -0.2) is 60.7 Å². The Hall–Kier alpha value is -2.11. The Morgan fingerprint density at radius 1 is 1.17 bits per heavy atom. The van der Waals surface area contributed by atoms with E-state index < -0.39 is 36.1 Å². The first-order valence-corrected chi connectivity index (χ1v) is 8.59. The van der Waals surface area contributed by atoms with Gasteiger partial charge in [0.2, 0.25) is 10.0 Å². The zero-order chi connectivity index (χ0) is 18.1. The van der Waals surface area contributed by atoms with Gasteiger partial charge in [-0.05, 0) is 26.9 Å². The van der Waals surface area contributed by atoms with Gasteiger partial charge in [-0.3, -0.25) is 20.2 Å². The molecule has 11 heteroatoms. The van der Waals surface area contributed by atoms with Crippen LogP contribution in [0.25, 0.3) is 0 Å². The van der Waals surface area contributed by atoms with Crippen molar-refractivity contribution in [1.29, 1.82) is 0 Å². The summed E-state index contributed by atoms with van der Waals surface area (Å²) in [5, 5.41) is 21.8. The largest absolute Gasteiger partial charge is 0.306 e. The molecule has 1 saturated heterocycles. The van der Waals surface area contributed by atoms with Crippen molar-refractivity contribution < 1.29 is 18.3 Å². The van der Waals surface area contributed by atoms with Crippen LogP contribution in [0.1, 0.15) is 12.8 Å². The van der Waals surface area contributed by atoms with Crippen LogP contribution in [-0.2, 0) is 10.0 Å². The standard InChI is InChI=1S/C13H17N4O6S/c1-14(2)10-3-5-15(6-4-10)24(22,23)13-8-11(16(18)19)7-12(9-13)17(20)21/h7-8,10H,3-6H2,1-2H3. The molecule has 0 aromatic heterocycles. The van der Waals surface area contributed by atoms with Crippen molar-refractivity contribution in [3.8, 4) is 0 Å². The number of non-ortho nitro benzene ring substituents is 2. The van der Waals surface area contributed by atoms with Crippen LogP contribution in [0.3, 0.4) is 0 Å². The van der Waals surface area contributed by atoms with Crippen molar-refractivity contribution in [2.24, 2.45) is 0 Å². The van der Waals surface area contributed by atoms with Gasteiger partial charge in [0.15, 0.2) is 0 Å². The molecule has 1 aromatic carbocycles. The molecular weight excluding hydrogens is 340 g/mol. The number of sulfonamides is 1. The van der Waals surface area contributed by atoms with Crippen LogP contribution >= 0.6 is 0 Å². The molecule has 1 aliphatic rings. The summed E-state index contributed by atoms with van der Waals surface area (Å²) in [7, 11) is -0.254. The molecule has 1 aliphatic heterocycles. The average molecular weight is 357 g/mol. The van der Waals surface area contributed by atoms with Crippen molar-refractivity contribution in [3.05, 3.63) is 38.4 Å². The highest BCUT2D eigenvalue weighted by atomic mass is 32.2. The highest BCUT2D eigenvalue weighted by Gasteiger charge is 2.32. The zero-order valence-electron chi connectivity index (χ0n) is 13.2. The lowest BCUT2D eigenvalue weighted by molar-refractivity contribution is -0.394. The second kappa shape index (κ2) is 6.79. The van der Waals surface area contributed by atoms with Crippen molar-refractivity contribution in [2.75, 3.05) is 27.2 Å². The molecule has 131 valence electrons. The summed E-state index contributed by atoms with van der Waals surface area (Å²) < 4.78 is 26.5. The second-order valence-electron chi connectivity index (χ2n) is 5.70. The van der Waals surface area contributed by atoms with Gasteiger partial charge >= 0.3 is 0 Å². The SMILES string of the molecule is CN(C)C1CCN(S(=O)(=O)c2[c]c([N+](=O)[O-])cc([N+](=O)[O-])c2)CC1. The Kier molecular flexibility index (Phi) is 5.16. The molecule has 0 N–H and O–H groups in total. The van der Waals surface area contributed by atoms with Crippen LogP contribution in [0.5, 0.6) is 0 Å². The van der Waals surface area contributed by atoms with Crippen LogP contribution in [0.15, 0.2) is 17.0 Å². The minimum absolute atomic E-state index is 0.246. The van der Waals surface area contributed by atoms with Crippen molar-refractivity contribution in [3.63, 3.8) is 0 Å². The predicted octanol–water partition coefficient (Wildman–Crippen LogP) is 1.02. The van der Waals surface area contributed by atoms with E-state index in [9.17, 15) is 28.6 Å². The smallest absolute Gasteiger partial charge is 0.285 e. The van der Waals surface area contributed by atoms with Crippen LogP contribution < -0.4 is 0 Å². The van der Waals surface area contributed by atoms with E-state index in [-0.39, 0.29) is 19.1 Å². The summed E-state index contributed by atoms with van der Waals surface area (Å²) in [6.07, 6.45) is 1.23. The number of piperidine rings is 1. The quantitative estimate of drug-likeness (QED) is 0.568. The maximum Gasteiger partial charge on any atom is 0.285 e. The highest BCUT2D eigenvalue weighted by molar-refractivity contribution is 7.89. The zero-order valence-corrected chi connectivity index (χ0v) is 14.0. The van der Waals surface area contributed by atoms with E-state index in [1.54, 1.807) is 0 Å². The van der Waals surface area contributed by atoms with Gasteiger partial charge in [0.25, 0.3) is 11.4 Å². The summed E-state index contributed by atoms with van der Waals surface area (Å²) in [6.45, 7) is 0.491. The lowest BCUT2D eigenvalue weighted by atomic mass is 10.1. The summed E-state index contributed by atoms with van der Waals surface area (Å²) >= 11 is 0. The molecule has 0 aliphatic carbocycles. The first kappa shape index (κ1) is 18.2. The maximum atomic E-state index is 12.6. The maximum absolute atomic E-state index is 12.6. The number of nitro groups is 2. The number of benzene rings is 1. The Balaban J connectivity index is 2.36. The second-order valence-corrected chi connectivity index (χ2v) is 7.61. The van der Waals surface area contributed by atoms with E-state index >= 15 is 0 Å². The predicted molar refractivity (Wildman–Crippen MR) is 84.1 cm³/mol. The monoisotopic (exact) mass is 357 g/mol. The Bertz CT molecular complexity index is 723. The molecule has 24 heavy (non-hydrogen) atoms. The van der Waals surface area contributed by atoms with Crippen molar-refractivity contribution >= 4 is 21.4 Å². The molecule has 1 heterocycles. The molecule has 1 fully saturated rings. The number of rotatable bonds is 5. The minimum Gasteiger partial charge on any atom is -0.306 e. The molecule has 1 radical (unpaired) electrons. The first-order valence-electron chi connectivity index (χ1n) is 7.15. The molecule has 0 unspecified atom stereocenters. The third-order valence-corrected chi connectivity index (χ3v) is 5.81. The lowest BCUT2D eigenvalue weighted by Crippen LogP contribution is -2.44. The Labute approximate surface area is 139 Å². The minimum atomic E-state index is -4.07. The molecule has 10 nitrogen and oxygen atoms in total. The number of nitro benzene ring substituents is 2. The van der Waals surface area contributed by atoms with E-state index in [1.807, 2.05) is 19.0 Å². The van der Waals surface area contributed by atoms with Gasteiger partial charge in [-0.25, -0.2) is 8.42 Å². The molecular formula is C13H17N4O6S. The van der Waals surface area contributed by atoms with Gasteiger partial charge in [-0.2, -0.15) is 4.31 Å². The van der Waals surface area contributed by atoms with E-state index in [0.29, 0.717) is 18.9 Å². The van der Waals surface area contributed by atoms with Crippen molar-refractivity contribution in [1.82, 2.24) is 9.21 Å². The van der Waals surface area contributed by atoms with Gasteiger partial charge in [0.1, 0.15) is 4.90 Å². The Morgan fingerprint density at radius 3 is 2.21 bits per heavy atom. The molecule has 0 spiro atoms. The van der Waals surface area contributed by atoms with Gasteiger partial charge in [0.05, 0.1) is 22.0 Å². The third-order valence-electron chi connectivity index (χ3n) is 3.99. The van der Waals surface area contributed by atoms with Crippen LogP contribution in [0.2, 0.25) is 0 Å². The Morgan fingerprint density at radius 2 is 1.75 bits per heavy atom. The summed E-state index contributed by atoms with van der Waals surface area (Å²) in [6, 6.07) is 3.91. The van der Waals surface area contributed by atoms with Gasteiger partial charge < -0.3 is 4.90 Å². The average Bonchev–Trinajstić information content (AvgIpc) is 2.54. The highest BCUT2D eigenvalue weighted by Crippen LogP contribution is 2.28. The van der Waals surface area contributed by atoms with Gasteiger partial charge in [0, 0.05) is 25.2 Å². The summed E-state index contributed by atoms with van der Waals surface area (Å²) in [5.74, 6) is 0. The van der Waals surface area contributed by atoms with Crippen molar-refractivity contribution in [2.45, 2.75) is 23.8 Å². The van der Waals surface area contributed by atoms with E-state index in [0.717, 1.165) is 6.07 Å². The topological polar surface area (TPSA) is 127 Å². The molecule has 0 bridgehead atoms. The summed E-state index contributed by atoms with van der Waals surface area (Å²) in [4.78, 5) is 21.5. The molecule has 1 aromatic rings. The van der Waals surface area contributed by atoms with E-state index in [1.165, 1.54) is 4.31 Å². The third kappa shape index (κ3) is 3.68. The fraction of sp³-hybridized carbons (Fsp3) is 0.538. The lowest BCUT2D eigenvalue weighted by Gasteiger charge is -2.34. The van der Waals surface area contributed by atoms with Crippen LogP contribution in [0, 0.1) is 26.3 Å². The van der Waals surface area contributed by atoms with E-state index in [4.69, 9.17) is 0 Å². The molecule has 0 amide bonds. The van der Waals surface area contributed by atoms with Crippen LogP contribution in [0.4, 0.5) is 11.4 Å². The fourth-order valence-corrected chi connectivity index (χ4v) is 4.07. The van der Waals surface area contributed by atoms with Gasteiger partial charge in [-0.1, -0.05) is 0 Å². The number of hydrogen-bond acceptors (Lipinski definition) is 7. The molecule has 2 rings (SSSR count). The van der Waals surface area contributed by atoms with E-state index in [2.05, 4.69) is 6.07 Å². The first-order chi connectivity index (χ1) is 11.1. The molecule has 0 saturated carbocycles. The van der Waals surface area contributed by atoms with Gasteiger partial charge in [-0.15, -0.1) is 0 Å². The fourth-order valence-electron chi connectivity index (χ4n) is 2.60.